The van der Waals surface area contributed by atoms with Gasteiger partial charge in [0, 0.05) is 18.6 Å². The van der Waals surface area contributed by atoms with Gasteiger partial charge in [0.15, 0.2) is 0 Å². The molecule has 2 aromatic rings. The highest BCUT2D eigenvalue weighted by Crippen LogP contribution is 2.42. The Kier molecular flexibility index (Phi) is 2.25. The second-order valence-electron chi connectivity index (χ2n) is 3.93. The fourth-order valence-electron chi connectivity index (χ4n) is 1.73. The number of nitrogens with one attached hydrogen (secondary N) is 1. The van der Waals surface area contributed by atoms with Crippen LogP contribution in [0.4, 0.5) is 11.6 Å². The molecule has 3 rings (SSSR count). The minimum Gasteiger partial charge on any atom is -0.323 e. The second kappa shape index (κ2) is 3.89. The number of hydrogen-bond donors (Lipinski definition) is 1. The Hall–Kier alpha value is -1.97. The summed E-state index contributed by atoms with van der Waals surface area (Å²) in [5, 5.41) is 3.21. The molecule has 2 aromatic heterocycles. The van der Waals surface area contributed by atoms with Gasteiger partial charge in [-0.1, -0.05) is 6.07 Å². The zero-order chi connectivity index (χ0) is 10.8. The zero-order valence-electron chi connectivity index (χ0n) is 8.80. The Morgan fingerprint density at radius 2 is 2.06 bits per heavy atom. The van der Waals surface area contributed by atoms with E-state index in [2.05, 4.69) is 26.3 Å². The molecule has 1 N–H and O–H groups in total. The smallest absolute Gasteiger partial charge is 0.150 e. The first-order valence-electron chi connectivity index (χ1n) is 5.41. The maximum atomic E-state index is 4.36. The summed E-state index contributed by atoms with van der Waals surface area (Å²) < 4.78 is 0. The molecule has 2 heterocycles. The van der Waals surface area contributed by atoms with E-state index in [9.17, 15) is 0 Å². The maximum Gasteiger partial charge on any atom is 0.150 e. The van der Waals surface area contributed by atoms with Gasteiger partial charge in [-0.15, -0.1) is 0 Å². The highest BCUT2D eigenvalue weighted by atomic mass is 15.1. The SMILES string of the molecule is c1cnc(Nc2cnccn2)c(C2CC2)c1. The summed E-state index contributed by atoms with van der Waals surface area (Å²) in [5.74, 6) is 2.32. The van der Waals surface area contributed by atoms with E-state index in [1.165, 1.54) is 18.4 Å². The Morgan fingerprint density at radius 3 is 2.81 bits per heavy atom. The second-order valence-corrected chi connectivity index (χ2v) is 3.93. The number of hydrogen-bond acceptors (Lipinski definition) is 4. The van der Waals surface area contributed by atoms with Gasteiger partial charge in [-0.3, -0.25) is 4.98 Å². The average molecular weight is 212 g/mol. The predicted octanol–water partition coefficient (Wildman–Crippen LogP) is 2.49. The molecule has 16 heavy (non-hydrogen) atoms. The summed E-state index contributed by atoms with van der Waals surface area (Å²) in [4.78, 5) is 12.6. The van der Waals surface area contributed by atoms with Crippen LogP contribution in [0, 0.1) is 0 Å². The lowest BCUT2D eigenvalue weighted by Gasteiger charge is -2.08. The summed E-state index contributed by atoms with van der Waals surface area (Å²) >= 11 is 0. The van der Waals surface area contributed by atoms with Crippen molar-refractivity contribution >= 4 is 11.6 Å². The van der Waals surface area contributed by atoms with Crippen molar-refractivity contribution in [2.45, 2.75) is 18.8 Å². The van der Waals surface area contributed by atoms with Gasteiger partial charge in [0.2, 0.25) is 0 Å². The number of nitrogens with zero attached hydrogens (tertiary/aromatic N) is 3. The largest absolute Gasteiger partial charge is 0.323 e. The molecule has 0 spiro atoms. The van der Waals surface area contributed by atoms with E-state index in [4.69, 9.17) is 0 Å². The van der Waals surface area contributed by atoms with Crippen LogP contribution >= 0.6 is 0 Å². The van der Waals surface area contributed by atoms with Crippen molar-refractivity contribution in [3.05, 3.63) is 42.5 Å². The number of pyridine rings is 1. The molecule has 0 atom stereocenters. The molecule has 1 saturated carbocycles. The number of rotatable bonds is 3. The molecule has 1 aliphatic rings. The van der Waals surface area contributed by atoms with Gasteiger partial charge in [-0.05, 0) is 30.4 Å². The van der Waals surface area contributed by atoms with Crippen molar-refractivity contribution < 1.29 is 0 Å². The third kappa shape index (κ3) is 1.86. The molecule has 1 aliphatic carbocycles. The first kappa shape index (κ1) is 9.27. The molecule has 1 fully saturated rings. The van der Waals surface area contributed by atoms with Crippen molar-refractivity contribution in [2.24, 2.45) is 0 Å². The topological polar surface area (TPSA) is 50.7 Å². The monoisotopic (exact) mass is 212 g/mol. The van der Waals surface area contributed by atoms with E-state index in [1.807, 2.05) is 6.07 Å². The third-order valence-corrected chi connectivity index (χ3v) is 2.67. The lowest BCUT2D eigenvalue weighted by Crippen LogP contribution is -1.99. The maximum absolute atomic E-state index is 4.36. The average Bonchev–Trinajstić information content (AvgIpc) is 3.15. The van der Waals surface area contributed by atoms with Crippen LogP contribution in [0.2, 0.25) is 0 Å². The molecule has 0 radical (unpaired) electrons. The molecule has 0 bridgehead atoms. The molecule has 4 nitrogen and oxygen atoms in total. The predicted molar refractivity (Wildman–Crippen MR) is 61.5 cm³/mol. The van der Waals surface area contributed by atoms with Crippen LogP contribution in [0.5, 0.6) is 0 Å². The molecule has 4 heteroatoms. The molecular formula is C12H12N4. The van der Waals surface area contributed by atoms with Crippen molar-refractivity contribution in [1.29, 1.82) is 0 Å². The van der Waals surface area contributed by atoms with Gasteiger partial charge in [0.1, 0.15) is 11.6 Å². The van der Waals surface area contributed by atoms with E-state index in [1.54, 1.807) is 24.8 Å². The molecule has 0 aliphatic heterocycles. The first-order valence-corrected chi connectivity index (χ1v) is 5.41. The molecule has 0 saturated heterocycles. The molecule has 0 amide bonds. The Balaban J connectivity index is 1.89. The van der Waals surface area contributed by atoms with E-state index in [0.29, 0.717) is 5.92 Å². The molecule has 80 valence electrons. The van der Waals surface area contributed by atoms with Crippen molar-refractivity contribution in [3.63, 3.8) is 0 Å². The Bertz CT molecular complexity index is 479. The summed E-state index contributed by atoms with van der Waals surface area (Å²) in [6, 6.07) is 4.11. The van der Waals surface area contributed by atoms with E-state index >= 15 is 0 Å². The lowest BCUT2D eigenvalue weighted by atomic mass is 10.1. The summed E-state index contributed by atoms with van der Waals surface area (Å²) in [7, 11) is 0. The van der Waals surface area contributed by atoms with Crippen molar-refractivity contribution in [1.82, 2.24) is 15.0 Å². The molecular weight excluding hydrogens is 200 g/mol. The van der Waals surface area contributed by atoms with Crippen LogP contribution in [0.15, 0.2) is 36.9 Å². The quantitative estimate of drug-likeness (QED) is 0.849. The highest BCUT2D eigenvalue weighted by molar-refractivity contribution is 5.56. The molecule has 0 unspecified atom stereocenters. The van der Waals surface area contributed by atoms with Gasteiger partial charge >= 0.3 is 0 Å². The van der Waals surface area contributed by atoms with Crippen molar-refractivity contribution in [2.75, 3.05) is 5.32 Å². The van der Waals surface area contributed by atoms with E-state index in [0.717, 1.165) is 11.6 Å². The fraction of sp³-hybridized carbons (Fsp3) is 0.250. The van der Waals surface area contributed by atoms with Gasteiger partial charge in [-0.2, -0.15) is 0 Å². The summed E-state index contributed by atoms with van der Waals surface area (Å²) in [6.07, 6.45) is 9.35. The third-order valence-electron chi connectivity index (χ3n) is 2.67. The summed E-state index contributed by atoms with van der Waals surface area (Å²) in [5.41, 5.74) is 1.29. The minimum absolute atomic E-state index is 0.674. The van der Waals surface area contributed by atoms with Gasteiger partial charge < -0.3 is 5.32 Å². The first-order chi connectivity index (χ1) is 7.93. The van der Waals surface area contributed by atoms with Gasteiger partial charge in [0.25, 0.3) is 0 Å². The van der Waals surface area contributed by atoms with Crippen LogP contribution in [-0.2, 0) is 0 Å². The van der Waals surface area contributed by atoms with Crippen LogP contribution in [0.25, 0.3) is 0 Å². The van der Waals surface area contributed by atoms with E-state index < -0.39 is 0 Å². The van der Waals surface area contributed by atoms with Crippen LogP contribution in [0.1, 0.15) is 24.3 Å². The van der Waals surface area contributed by atoms with Gasteiger partial charge in [0.05, 0.1) is 6.20 Å². The summed E-state index contributed by atoms with van der Waals surface area (Å²) in [6.45, 7) is 0. The standard InChI is InChI=1S/C12H12N4/c1-2-10(9-3-4-9)12(15-5-1)16-11-8-13-6-7-14-11/h1-2,5-9H,3-4H2,(H,14,15,16). The van der Waals surface area contributed by atoms with Gasteiger partial charge in [-0.25, -0.2) is 9.97 Å². The minimum atomic E-state index is 0.674. The fourth-order valence-corrected chi connectivity index (χ4v) is 1.73. The normalized spacial score (nSPS) is 14.8. The van der Waals surface area contributed by atoms with Crippen LogP contribution in [0.3, 0.4) is 0 Å². The number of anilines is 2. The zero-order valence-corrected chi connectivity index (χ0v) is 8.80. The van der Waals surface area contributed by atoms with Crippen LogP contribution in [-0.4, -0.2) is 15.0 Å². The lowest BCUT2D eigenvalue weighted by molar-refractivity contribution is 1.09. The van der Waals surface area contributed by atoms with E-state index in [-0.39, 0.29) is 0 Å². The number of aromatic nitrogens is 3. The van der Waals surface area contributed by atoms with Crippen molar-refractivity contribution in [3.8, 4) is 0 Å². The van der Waals surface area contributed by atoms with Crippen LogP contribution < -0.4 is 5.32 Å². The Morgan fingerprint density at radius 1 is 1.12 bits per heavy atom. The molecule has 0 aromatic carbocycles. The Labute approximate surface area is 93.8 Å². The highest BCUT2D eigenvalue weighted by Gasteiger charge is 2.26.